The van der Waals surface area contributed by atoms with E-state index in [1.165, 1.54) is 0 Å². The van der Waals surface area contributed by atoms with Gasteiger partial charge in [0.25, 0.3) is 0 Å². The van der Waals surface area contributed by atoms with Crippen molar-refractivity contribution in [1.82, 2.24) is 19.6 Å². The van der Waals surface area contributed by atoms with Crippen molar-refractivity contribution in [2.75, 3.05) is 0 Å². The van der Waals surface area contributed by atoms with Crippen LogP contribution in [0.1, 0.15) is 0 Å². The second-order valence-electron chi connectivity index (χ2n) is 1.76. The fraction of sp³-hybridized carbons (Fsp3) is 0. The number of hydrogen-bond acceptors (Lipinski definition) is 3. The smallest absolute Gasteiger partial charge is 0.216 e. The molecule has 5 heteroatoms. The number of nitrogens with zero attached hydrogens (tertiary/aromatic N) is 4. The summed E-state index contributed by atoms with van der Waals surface area (Å²) in [5, 5.41) is 4.00. The third kappa shape index (κ3) is 0.786. The lowest BCUT2D eigenvalue weighted by molar-refractivity contribution is 0.871. The number of fused-ring (bicyclic) bond motifs is 1. The molecule has 4 nitrogen and oxygen atoms in total. The SMILES string of the molecule is Brc1ncc2nccn2n1. The Hall–Kier alpha value is -0.970. The van der Waals surface area contributed by atoms with Gasteiger partial charge in [0.05, 0.1) is 6.20 Å². The van der Waals surface area contributed by atoms with Crippen LogP contribution < -0.4 is 0 Å². The molecular weight excluding hydrogens is 196 g/mol. The van der Waals surface area contributed by atoms with Gasteiger partial charge in [0, 0.05) is 12.4 Å². The quantitative estimate of drug-likeness (QED) is 0.632. The molecule has 0 aliphatic carbocycles. The molecule has 0 aliphatic heterocycles. The first kappa shape index (κ1) is 5.79. The van der Waals surface area contributed by atoms with E-state index in [4.69, 9.17) is 0 Å². The van der Waals surface area contributed by atoms with Crippen LogP contribution in [0.3, 0.4) is 0 Å². The van der Waals surface area contributed by atoms with Gasteiger partial charge in [-0.25, -0.2) is 14.5 Å². The predicted molar refractivity (Wildman–Crippen MR) is 38.5 cm³/mol. The molecule has 0 saturated carbocycles. The van der Waals surface area contributed by atoms with Crippen molar-refractivity contribution in [2.24, 2.45) is 0 Å². The zero-order valence-corrected chi connectivity index (χ0v) is 6.48. The lowest BCUT2D eigenvalue weighted by Gasteiger charge is -1.89. The first-order chi connectivity index (χ1) is 4.86. The summed E-state index contributed by atoms with van der Waals surface area (Å²) in [4.78, 5) is 7.88. The van der Waals surface area contributed by atoms with Gasteiger partial charge in [0.15, 0.2) is 5.65 Å². The summed E-state index contributed by atoms with van der Waals surface area (Å²) in [6.45, 7) is 0. The van der Waals surface area contributed by atoms with E-state index in [-0.39, 0.29) is 0 Å². The van der Waals surface area contributed by atoms with Gasteiger partial charge in [-0.15, -0.1) is 5.10 Å². The van der Waals surface area contributed by atoms with E-state index in [9.17, 15) is 0 Å². The Labute approximate surface area is 65.0 Å². The molecule has 0 aliphatic rings. The summed E-state index contributed by atoms with van der Waals surface area (Å²) in [5.74, 6) is 0. The van der Waals surface area contributed by atoms with Crippen LogP contribution in [0.25, 0.3) is 5.65 Å². The van der Waals surface area contributed by atoms with Gasteiger partial charge in [-0.3, -0.25) is 0 Å². The zero-order valence-electron chi connectivity index (χ0n) is 4.90. The van der Waals surface area contributed by atoms with Gasteiger partial charge in [0.1, 0.15) is 0 Å². The molecule has 0 unspecified atom stereocenters. The number of imidazole rings is 1. The van der Waals surface area contributed by atoms with Crippen LogP contribution >= 0.6 is 15.9 Å². The van der Waals surface area contributed by atoms with Crippen LogP contribution in [0.2, 0.25) is 0 Å². The lowest BCUT2D eigenvalue weighted by Crippen LogP contribution is -1.92. The Morgan fingerprint density at radius 3 is 3.20 bits per heavy atom. The van der Waals surface area contributed by atoms with Gasteiger partial charge < -0.3 is 0 Å². The van der Waals surface area contributed by atoms with Crippen molar-refractivity contribution in [2.45, 2.75) is 0 Å². The minimum atomic E-state index is 0.568. The Kier molecular flexibility index (Phi) is 1.17. The molecule has 10 heavy (non-hydrogen) atoms. The van der Waals surface area contributed by atoms with Crippen molar-refractivity contribution in [3.63, 3.8) is 0 Å². The Morgan fingerprint density at radius 1 is 1.40 bits per heavy atom. The number of halogens is 1. The molecule has 0 N–H and O–H groups in total. The normalized spacial score (nSPS) is 10.5. The Morgan fingerprint density at radius 2 is 2.30 bits per heavy atom. The largest absolute Gasteiger partial charge is 0.234 e. The number of aromatic nitrogens is 4. The maximum Gasteiger partial charge on any atom is 0.216 e. The van der Waals surface area contributed by atoms with E-state index in [2.05, 4.69) is 31.0 Å². The molecule has 2 rings (SSSR count). The molecule has 2 heterocycles. The Balaban J connectivity index is 2.86. The molecule has 0 atom stereocenters. The minimum absolute atomic E-state index is 0.568. The van der Waals surface area contributed by atoms with Gasteiger partial charge in [-0.05, 0) is 15.9 Å². The molecule has 0 fully saturated rings. The monoisotopic (exact) mass is 198 g/mol. The average Bonchev–Trinajstić information content (AvgIpc) is 2.33. The van der Waals surface area contributed by atoms with E-state index in [0.29, 0.717) is 4.73 Å². The van der Waals surface area contributed by atoms with Crippen LogP contribution in [0.15, 0.2) is 23.3 Å². The molecule has 0 aromatic carbocycles. The third-order valence-corrected chi connectivity index (χ3v) is 1.49. The van der Waals surface area contributed by atoms with E-state index >= 15 is 0 Å². The first-order valence-corrected chi connectivity index (χ1v) is 3.47. The maximum absolute atomic E-state index is 4.00. The molecule has 0 spiro atoms. The van der Waals surface area contributed by atoms with E-state index in [1.807, 2.05) is 0 Å². The van der Waals surface area contributed by atoms with E-state index in [0.717, 1.165) is 5.65 Å². The second-order valence-corrected chi connectivity index (χ2v) is 2.47. The van der Waals surface area contributed by atoms with Crippen molar-refractivity contribution in [3.05, 3.63) is 23.3 Å². The van der Waals surface area contributed by atoms with E-state index in [1.54, 1.807) is 23.1 Å². The van der Waals surface area contributed by atoms with Gasteiger partial charge in [0.2, 0.25) is 4.73 Å². The topological polar surface area (TPSA) is 43.1 Å². The maximum atomic E-state index is 4.00. The van der Waals surface area contributed by atoms with Crippen molar-refractivity contribution < 1.29 is 0 Å². The highest BCUT2D eigenvalue weighted by Gasteiger charge is 1.93. The van der Waals surface area contributed by atoms with Crippen molar-refractivity contribution in [3.8, 4) is 0 Å². The summed E-state index contributed by atoms with van der Waals surface area (Å²) >= 11 is 3.15. The molecule has 0 saturated heterocycles. The van der Waals surface area contributed by atoms with Crippen LogP contribution in [0.4, 0.5) is 0 Å². The highest BCUT2D eigenvalue weighted by Crippen LogP contribution is 2.00. The number of hydrogen-bond donors (Lipinski definition) is 0. The summed E-state index contributed by atoms with van der Waals surface area (Å²) < 4.78 is 2.22. The molecular formula is C5H3BrN4. The summed E-state index contributed by atoms with van der Waals surface area (Å²) in [6, 6.07) is 0. The summed E-state index contributed by atoms with van der Waals surface area (Å²) in [6.07, 6.45) is 5.09. The molecule has 2 aromatic rings. The highest BCUT2D eigenvalue weighted by molar-refractivity contribution is 9.10. The minimum Gasteiger partial charge on any atom is -0.234 e. The molecule has 0 bridgehead atoms. The first-order valence-electron chi connectivity index (χ1n) is 2.68. The van der Waals surface area contributed by atoms with Crippen LogP contribution in [0, 0.1) is 0 Å². The van der Waals surface area contributed by atoms with Crippen LogP contribution in [-0.4, -0.2) is 19.6 Å². The third-order valence-electron chi connectivity index (χ3n) is 1.13. The van der Waals surface area contributed by atoms with Crippen molar-refractivity contribution in [1.29, 1.82) is 0 Å². The second kappa shape index (κ2) is 2.02. The van der Waals surface area contributed by atoms with Crippen molar-refractivity contribution >= 4 is 21.6 Å². The number of rotatable bonds is 0. The van der Waals surface area contributed by atoms with Crippen LogP contribution in [-0.2, 0) is 0 Å². The fourth-order valence-corrected chi connectivity index (χ4v) is 0.984. The zero-order chi connectivity index (χ0) is 6.97. The van der Waals surface area contributed by atoms with Gasteiger partial charge in [-0.2, -0.15) is 0 Å². The summed E-state index contributed by atoms with van der Waals surface area (Å²) in [7, 11) is 0. The molecule has 50 valence electrons. The fourth-order valence-electron chi connectivity index (χ4n) is 0.711. The van der Waals surface area contributed by atoms with Gasteiger partial charge in [-0.1, -0.05) is 0 Å². The average molecular weight is 199 g/mol. The molecule has 0 radical (unpaired) electrons. The Bertz CT molecular complexity index is 355. The van der Waals surface area contributed by atoms with Crippen LogP contribution in [0.5, 0.6) is 0 Å². The standard InChI is InChI=1S/C5H3BrN4/c6-5-8-3-4-7-1-2-10(4)9-5/h1-3H. The van der Waals surface area contributed by atoms with Gasteiger partial charge >= 0.3 is 0 Å². The molecule has 2 aromatic heterocycles. The molecule has 0 amide bonds. The predicted octanol–water partition coefficient (Wildman–Crippen LogP) is 0.887. The summed E-state index contributed by atoms with van der Waals surface area (Å²) in [5.41, 5.74) is 0.753. The highest BCUT2D eigenvalue weighted by atomic mass is 79.9. The van der Waals surface area contributed by atoms with E-state index < -0.39 is 0 Å². The lowest BCUT2D eigenvalue weighted by atomic mass is 10.8.